The molecule has 0 atom stereocenters. The number of pyridine rings is 1. The average molecular weight is 270 g/mol. The summed E-state index contributed by atoms with van der Waals surface area (Å²) in [6.07, 6.45) is 6.38. The Bertz CT molecular complexity index is 552. The van der Waals surface area contributed by atoms with Gasteiger partial charge in [0.05, 0.1) is 0 Å². The van der Waals surface area contributed by atoms with Crippen molar-refractivity contribution in [1.29, 1.82) is 0 Å². The van der Waals surface area contributed by atoms with E-state index in [0.717, 1.165) is 43.1 Å². The molecule has 4 nitrogen and oxygen atoms in total. The highest BCUT2D eigenvalue weighted by Crippen LogP contribution is 2.17. The number of rotatable bonds is 6. The molecule has 2 aromatic heterocycles. The topological polar surface area (TPSA) is 50.7 Å². The van der Waals surface area contributed by atoms with E-state index in [1.54, 1.807) is 12.4 Å². The van der Waals surface area contributed by atoms with Gasteiger partial charge in [-0.2, -0.15) is 0 Å². The lowest BCUT2D eigenvalue weighted by atomic mass is 10.1. The van der Waals surface area contributed by atoms with Crippen LogP contribution in [0.25, 0.3) is 0 Å². The van der Waals surface area contributed by atoms with Gasteiger partial charge >= 0.3 is 0 Å². The van der Waals surface area contributed by atoms with Crippen LogP contribution in [0.3, 0.4) is 0 Å². The normalized spacial score (nSPS) is 10.6. The number of nitrogens with zero attached hydrogens (tertiary/aromatic N) is 3. The van der Waals surface area contributed by atoms with Gasteiger partial charge in [-0.15, -0.1) is 0 Å². The van der Waals surface area contributed by atoms with E-state index in [9.17, 15) is 0 Å². The zero-order valence-corrected chi connectivity index (χ0v) is 12.5. The second-order valence-electron chi connectivity index (χ2n) is 4.87. The highest BCUT2D eigenvalue weighted by atomic mass is 15.0. The van der Waals surface area contributed by atoms with E-state index in [0.29, 0.717) is 0 Å². The van der Waals surface area contributed by atoms with Crippen molar-refractivity contribution >= 4 is 5.82 Å². The molecule has 0 aliphatic heterocycles. The summed E-state index contributed by atoms with van der Waals surface area (Å²) in [5.41, 5.74) is 3.48. The SMILES string of the molecule is CCCNc1nc(Cc2ccncc2)nc(CC)c1C. The van der Waals surface area contributed by atoms with E-state index >= 15 is 0 Å². The van der Waals surface area contributed by atoms with Crippen molar-refractivity contribution in [3.8, 4) is 0 Å². The van der Waals surface area contributed by atoms with Crippen LogP contribution in [0.5, 0.6) is 0 Å². The molecule has 106 valence electrons. The standard InChI is InChI=1S/C16H22N4/c1-4-8-18-16-12(3)14(5-2)19-15(20-16)11-13-6-9-17-10-7-13/h6-7,9-10H,4-5,8,11H2,1-3H3,(H,18,19,20). The fourth-order valence-electron chi connectivity index (χ4n) is 2.14. The van der Waals surface area contributed by atoms with Crippen LogP contribution in [0.4, 0.5) is 5.82 Å². The molecule has 2 rings (SSSR count). The van der Waals surface area contributed by atoms with Gasteiger partial charge in [-0.05, 0) is 37.5 Å². The first-order chi connectivity index (χ1) is 9.74. The molecule has 0 aliphatic carbocycles. The second kappa shape index (κ2) is 6.98. The fraction of sp³-hybridized carbons (Fsp3) is 0.438. The van der Waals surface area contributed by atoms with Gasteiger partial charge in [-0.1, -0.05) is 13.8 Å². The molecule has 4 heteroatoms. The van der Waals surface area contributed by atoms with Crippen molar-refractivity contribution in [3.63, 3.8) is 0 Å². The van der Waals surface area contributed by atoms with Crippen LogP contribution in [0.1, 0.15) is 42.9 Å². The van der Waals surface area contributed by atoms with E-state index in [1.165, 1.54) is 11.1 Å². The van der Waals surface area contributed by atoms with Gasteiger partial charge in [0.1, 0.15) is 11.6 Å². The molecule has 0 bridgehead atoms. The first-order valence-electron chi connectivity index (χ1n) is 7.23. The van der Waals surface area contributed by atoms with Gasteiger partial charge in [0.15, 0.2) is 0 Å². The fourth-order valence-corrected chi connectivity index (χ4v) is 2.14. The Balaban J connectivity index is 2.28. The summed E-state index contributed by atoms with van der Waals surface area (Å²) in [6.45, 7) is 7.32. The van der Waals surface area contributed by atoms with Crippen molar-refractivity contribution in [2.24, 2.45) is 0 Å². The molecular formula is C16H22N4. The van der Waals surface area contributed by atoms with Crippen LogP contribution in [-0.4, -0.2) is 21.5 Å². The number of hydrogen-bond donors (Lipinski definition) is 1. The molecule has 0 saturated heterocycles. The largest absolute Gasteiger partial charge is 0.370 e. The van der Waals surface area contributed by atoms with Crippen LogP contribution in [0.2, 0.25) is 0 Å². The molecule has 0 amide bonds. The van der Waals surface area contributed by atoms with Gasteiger partial charge in [0.25, 0.3) is 0 Å². The Morgan fingerprint density at radius 2 is 1.85 bits per heavy atom. The summed E-state index contributed by atoms with van der Waals surface area (Å²) >= 11 is 0. The van der Waals surface area contributed by atoms with E-state index < -0.39 is 0 Å². The smallest absolute Gasteiger partial charge is 0.135 e. The molecule has 2 heterocycles. The third-order valence-electron chi connectivity index (χ3n) is 3.28. The second-order valence-corrected chi connectivity index (χ2v) is 4.87. The molecule has 2 aromatic rings. The Morgan fingerprint density at radius 1 is 1.10 bits per heavy atom. The quantitative estimate of drug-likeness (QED) is 0.876. The predicted molar refractivity (Wildman–Crippen MR) is 82.0 cm³/mol. The molecule has 0 aliphatic rings. The molecule has 0 fully saturated rings. The summed E-state index contributed by atoms with van der Waals surface area (Å²) in [4.78, 5) is 13.4. The van der Waals surface area contributed by atoms with Gasteiger partial charge in [0, 0.05) is 36.6 Å². The first kappa shape index (κ1) is 14.4. The van der Waals surface area contributed by atoms with Gasteiger partial charge in [-0.3, -0.25) is 4.98 Å². The van der Waals surface area contributed by atoms with Gasteiger partial charge in [-0.25, -0.2) is 9.97 Å². The van der Waals surface area contributed by atoms with Crippen LogP contribution >= 0.6 is 0 Å². The molecular weight excluding hydrogens is 248 g/mol. The molecule has 0 saturated carbocycles. The first-order valence-corrected chi connectivity index (χ1v) is 7.23. The maximum Gasteiger partial charge on any atom is 0.135 e. The van der Waals surface area contributed by atoms with Crippen molar-refractivity contribution in [3.05, 3.63) is 47.2 Å². The summed E-state index contributed by atoms with van der Waals surface area (Å²) in [6, 6.07) is 4.02. The predicted octanol–water partition coefficient (Wildman–Crippen LogP) is 3.16. The van der Waals surface area contributed by atoms with E-state index in [2.05, 4.69) is 41.0 Å². The Morgan fingerprint density at radius 3 is 2.50 bits per heavy atom. The molecule has 1 N–H and O–H groups in total. The molecule has 0 unspecified atom stereocenters. The van der Waals surface area contributed by atoms with Gasteiger partial charge < -0.3 is 5.32 Å². The van der Waals surface area contributed by atoms with E-state index in [4.69, 9.17) is 0 Å². The molecule has 0 aromatic carbocycles. The zero-order chi connectivity index (χ0) is 14.4. The molecule has 0 radical (unpaired) electrons. The maximum absolute atomic E-state index is 4.68. The van der Waals surface area contributed by atoms with Crippen molar-refractivity contribution in [1.82, 2.24) is 15.0 Å². The Hall–Kier alpha value is -1.97. The van der Waals surface area contributed by atoms with Crippen molar-refractivity contribution in [2.75, 3.05) is 11.9 Å². The number of hydrogen-bond acceptors (Lipinski definition) is 4. The third-order valence-corrected chi connectivity index (χ3v) is 3.28. The highest BCUT2D eigenvalue weighted by Gasteiger charge is 2.09. The van der Waals surface area contributed by atoms with E-state index in [-0.39, 0.29) is 0 Å². The Labute approximate surface area is 120 Å². The Kier molecular flexibility index (Phi) is 5.04. The van der Waals surface area contributed by atoms with Gasteiger partial charge in [0.2, 0.25) is 0 Å². The minimum absolute atomic E-state index is 0.747. The zero-order valence-electron chi connectivity index (χ0n) is 12.5. The minimum Gasteiger partial charge on any atom is -0.370 e. The summed E-state index contributed by atoms with van der Waals surface area (Å²) in [5.74, 6) is 1.85. The number of nitrogens with one attached hydrogen (secondary N) is 1. The highest BCUT2D eigenvalue weighted by molar-refractivity contribution is 5.46. The number of aromatic nitrogens is 3. The number of aryl methyl sites for hydroxylation is 1. The minimum atomic E-state index is 0.747. The summed E-state index contributed by atoms with van der Waals surface area (Å²) in [7, 11) is 0. The monoisotopic (exact) mass is 270 g/mol. The van der Waals surface area contributed by atoms with Crippen LogP contribution in [0.15, 0.2) is 24.5 Å². The number of anilines is 1. The third kappa shape index (κ3) is 3.53. The molecule has 0 spiro atoms. The lowest BCUT2D eigenvalue weighted by Gasteiger charge is -2.13. The lowest BCUT2D eigenvalue weighted by Crippen LogP contribution is -2.10. The van der Waals surface area contributed by atoms with E-state index in [1.807, 2.05) is 12.1 Å². The van der Waals surface area contributed by atoms with Crippen LogP contribution in [0, 0.1) is 6.92 Å². The average Bonchev–Trinajstić information content (AvgIpc) is 2.48. The summed E-state index contributed by atoms with van der Waals surface area (Å²) in [5, 5.41) is 3.40. The summed E-state index contributed by atoms with van der Waals surface area (Å²) < 4.78 is 0. The van der Waals surface area contributed by atoms with Crippen molar-refractivity contribution in [2.45, 2.75) is 40.0 Å². The molecule has 20 heavy (non-hydrogen) atoms. The van der Waals surface area contributed by atoms with Crippen molar-refractivity contribution < 1.29 is 0 Å². The maximum atomic E-state index is 4.68. The van der Waals surface area contributed by atoms with Crippen LogP contribution in [-0.2, 0) is 12.8 Å². The van der Waals surface area contributed by atoms with Crippen LogP contribution < -0.4 is 5.32 Å². The lowest BCUT2D eigenvalue weighted by molar-refractivity contribution is 0.876.